The van der Waals surface area contributed by atoms with Gasteiger partial charge in [0.15, 0.2) is 5.82 Å². The molecule has 2 atom stereocenters. The van der Waals surface area contributed by atoms with Crippen LogP contribution in [0.1, 0.15) is 27.2 Å². The van der Waals surface area contributed by atoms with Crippen molar-refractivity contribution in [3.8, 4) is 17.0 Å². The van der Waals surface area contributed by atoms with Crippen molar-refractivity contribution in [2.24, 2.45) is 0 Å². The van der Waals surface area contributed by atoms with Crippen LogP contribution in [0.2, 0.25) is 0 Å². The Kier molecular flexibility index (Phi) is 5.40. The molecule has 37 heavy (non-hydrogen) atoms. The van der Waals surface area contributed by atoms with Gasteiger partial charge in [-0.15, -0.1) is 0 Å². The molecule has 2 aromatic heterocycles. The number of benzene rings is 2. The van der Waals surface area contributed by atoms with Crippen LogP contribution in [0.3, 0.4) is 0 Å². The molecule has 0 spiro atoms. The van der Waals surface area contributed by atoms with Crippen molar-refractivity contribution in [3.63, 3.8) is 0 Å². The van der Waals surface area contributed by atoms with Crippen LogP contribution in [-0.4, -0.2) is 63.8 Å². The molecule has 4 heterocycles. The van der Waals surface area contributed by atoms with Gasteiger partial charge in [-0.2, -0.15) is 0 Å². The molecule has 2 aliphatic heterocycles. The number of nitrogens with zero attached hydrogens (tertiary/aromatic N) is 5. The molecular weight excluding hydrogens is 473 g/mol. The third-order valence-electron chi connectivity index (χ3n) is 7.14. The zero-order valence-electron chi connectivity index (χ0n) is 21.2. The lowest BCUT2D eigenvalue weighted by Crippen LogP contribution is -2.63. The second-order valence-corrected chi connectivity index (χ2v) is 10.5. The summed E-state index contributed by atoms with van der Waals surface area (Å²) in [6.07, 6.45) is 3.55. The zero-order chi connectivity index (χ0) is 25.9. The number of hydrogen-bond donors (Lipinski definition) is 0. The number of fused-ring (bicyclic) bond motifs is 3. The maximum absolute atomic E-state index is 15.9. The summed E-state index contributed by atoms with van der Waals surface area (Å²) in [5.74, 6) is 0.889. The molecule has 190 valence electrons. The van der Waals surface area contributed by atoms with Gasteiger partial charge in [0.2, 0.25) is 0 Å². The van der Waals surface area contributed by atoms with E-state index in [9.17, 15) is 4.79 Å². The molecule has 2 saturated heterocycles. The highest BCUT2D eigenvalue weighted by atomic mass is 19.1. The summed E-state index contributed by atoms with van der Waals surface area (Å²) in [4.78, 5) is 29.9. The highest BCUT2D eigenvalue weighted by Crippen LogP contribution is 2.40. The van der Waals surface area contributed by atoms with Gasteiger partial charge in [0, 0.05) is 24.8 Å². The van der Waals surface area contributed by atoms with E-state index < -0.39 is 11.4 Å². The van der Waals surface area contributed by atoms with Crippen molar-refractivity contribution < 1.29 is 18.7 Å². The van der Waals surface area contributed by atoms with Crippen LogP contribution in [0.25, 0.3) is 32.9 Å². The summed E-state index contributed by atoms with van der Waals surface area (Å²) in [7, 11) is 1.62. The van der Waals surface area contributed by atoms with Crippen molar-refractivity contribution in [2.45, 2.75) is 44.9 Å². The fourth-order valence-electron chi connectivity index (χ4n) is 5.40. The Bertz CT molecular complexity index is 1540. The lowest BCUT2D eigenvalue weighted by atomic mass is 9.96. The number of rotatable bonds is 3. The Balaban J connectivity index is 1.33. The standard InChI is InChI=1S/C28H28FN5O3/c1-28(2,3)37-27(35)33-11-10-21-22(33)14-34(21)26-20-13-30-24(23(29)25(20)31-15-32-26)19-7-5-6-16-12-17(36-4)8-9-18(16)19/h5-9,12-13,15,21-22H,10-11,14H2,1-4H3/t21-,22-/m1/s1. The predicted octanol–water partition coefficient (Wildman–Crippen LogP) is 5.19. The van der Waals surface area contributed by atoms with E-state index in [0.717, 1.165) is 22.9 Å². The molecule has 0 saturated carbocycles. The van der Waals surface area contributed by atoms with Gasteiger partial charge in [0.05, 0.1) is 24.6 Å². The number of likely N-dealkylation sites (tertiary alicyclic amines) is 1. The minimum atomic E-state index is -0.543. The fraction of sp³-hybridized carbons (Fsp3) is 0.357. The molecule has 2 fully saturated rings. The molecule has 8 nitrogen and oxygen atoms in total. The van der Waals surface area contributed by atoms with E-state index in [1.165, 1.54) is 6.33 Å². The number of anilines is 1. The van der Waals surface area contributed by atoms with Crippen molar-refractivity contribution in [1.29, 1.82) is 0 Å². The normalized spacial score (nSPS) is 19.2. The third kappa shape index (κ3) is 3.89. The van der Waals surface area contributed by atoms with Crippen molar-refractivity contribution in [1.82, 2.24) is 19.9 Å². The Morgan fingerprint density at radius 2 is 1.92 bits per heavy atom. The molecule has 0 aliphatic carbocycles. The zero-order valence-corrected chi connectivity index (χ0v) is 21.2. The van der Waals surface area contributed by atoms with E-state index in [2.05, 4.69) is 19.9 Å². The first kappa shape index (κ1) is 23.4. The SMILES string of the molecule is COc1ccc2c(-c3ncc4c(N5C[C@@H]6[C@H]5CCN6C(=O)OC(C)(C)C)ncnc4c3F)cccc2c1. The number of carbonyl (C=O) groups is 1. The van der Waals surface area contributed by atoms with Crippen LogP contribution in [0.5, 0.6) is 5.75 Å². The summed E-state index contributed by atoms with van der Waals surface area (Å²) in [6, 6.07) is 11.5. The van der Waals surface area contributed by atoms with Crippen molar-refractivity contribution in [2.75, 3.05) is 25.1 Å². The van der Waals surface area contributed by atoms with E-state index >= 15 is 4.39 Å². The van der Waals surface area contributed by atoms with Crippen LogP contribution in [-0.2, 0) is 4.74 Å². The van der Waals surface area contributed by atoms with Crippen molar-refractivity contribution >= 4 is 33.6 Å². The largest absolute Gasteiger partial charge is 0.497 e. The van der Waals surface area contributed by atoms with E-state index in [1.54, 1.807) is 18.2 Å². The van der Waals surface area contributed by atoms with Gasteiger partial charge >= 0.3 is 6.09 Å². The van der Waals surface area contributed by atoms with Crippen LogP contribution >= 0.6 is 0 Å². The van der Waals surface area contributed by atoms with Crippen LogP contribution in [0.4, 0.5) is 15.0 Å². The molecule has 4 aromatic rings. The third-order valence-corrected chi connectivity index (χ3v) is 7.14. The molecule has 9 heteroatoms. The smallest absolute Gasteiger partial charge is 0.410 e. The average Bonchev–Trinajstić information content (AvgIpc) is 3.19. The Morgan fingerprint density at radius 3 is 2.70 bits per heavy atom. The number of amides is 1. The second-order valence-electron chi connectivity index (χ2n) is 10.5. The van der Waals surface area contributed by atoms with Crippen molar-refractivity contribution in [3.05, 3.63) is 54.7 Å². The average molecular weight is 502 g/mol. The number of halogens is 1. The number of hydrogen-bond acceptors (Lipinski definition) is 7. The molecule has 1 amide bonds. The van der Waals surface area contributed by atoms with Gasteiger partial charge in [-0.1, -0.05) is 24.3 Å². The quantitative estimate of drug-likeness (QED) is 0.382. The second kappa shape index (κ2) is 8.54. The number of aromatic nitrogens is 3. The van der Waals surface area contributed by atoms with E-state index in [1.807, 2.05) is 57.2 Å². The summed E-state index contributed by atoms with van der Waals surface area (Å²) < 4.78 is 26.8. The fourth-order valence-corrected chi connectivity index (χ4v) is 5.40. The maximum Gasteiger partial charge on any atom is 0.410 e. The number of carbonyl (C=O) groups excluding carboxylic acids is 1. The number of pyridine rings is 1. The minimum absolute atomic E-state index is 0.0459. The molecule has 0 N–H and O–H groups in total. The summed E-state index contributed by atoms with van der Waals surface area (Å²) in [6.45, 7) is 6.81. The first-order valence-electron chi connectivity index (χ1n) is 12.4. The van der Waals surface area contributed by atoms with Gasteiger partial charge in [-0.25, -0.2) is 19.2 Å². The summed E-state index contributed by atoms with van der Waals surface area (Å²) in [5.41, 5.74) is 0.614. The summed E-state index contributed by atoms with van der Waals surface area (Å²) >= 11 is 0. The molecule has 2 aromatic carbocycles. The number of methoxy groups -OCH3 is 1. The molecular formula is C28H28FN5O3. The Morgan fingerprint density at radius 1 is 1.08 bits per heavy atom. The molecule has 0 radical (unpaired) electrons. The van der Waals surface area contributed by atoms with E-state index in [-0.39, 0.29) is 29.4 Å². The maximum atomic E-state index is 15.9. The monoisotopic (exact) mass is 501 g/mol. The highest BCUT2D eigenvalue weighted by Gasteiger charge is 2.50. The van der Waals surface area contributed by atoms with Gasteiger partial charge in [0.1, 0.15) is 34.7 Å². The van der Waals surface area contributed by atoms with Crippen LogP contribution in [0, 0.1) is 5.82 Å². The first-order valence-corrected chi connectivity index (χ1v) is 12.4. The number of ether oxygens (including phenoxy) is 2. The lowest BCUT2D eigenvalue weighted by Gasteiger charge is -2.47. The van der Waals surface area contributed by atoms with E-state index in [0.29, 0.717) is 29.9 Å². The molecule has 6 rings (SSSR count). The van der Waals surface area contributed by atoms with Gasteiger partial charge < -0.3 is 19.3 Å². The molecule has 0 unspecified atom stereocenters. The molecule has 0 bridgehead atoms. The lowest BCUT2D eigenvalue weighted by molar-refractivity contribution is 0.0193. The molecule has 2 aliphatic rings. The van der Waals surface area contributed by atoms with Gasteiger partial charge in [-0.05, 0) is 50.1 Å². The van der Waals surface area contributed by atoms with E-state index in [4.69, 9.17) is 9.47 Å². The first-order chi connectivity index (χ1) is 17.7. The van der Waals surface area contributed by atoms with Gasteiger partial charge in [-0.3, -0.25) is 4.98 Å². The Hall–Kier alpha value is -4.01. The topological polar surface area (TPSA) is 80.7 Å². The highest BCUT2D eigenvalue weighted by molar-refractivity contribution is 5.99. The van der Waals surface area contributed by atoms with Crippen LogP contribution in [0.15, 0.2) is 48.9 Å². The Labute approximate surface area is 214 Å². The van der Waals surface area contributed by atoms with Gasteiger partial charge in [0.25, 0.3) is 0 Å². The minimum Gasteiger partial charge on any atom is -0.497 e. The predicted molar refractivity (Wildman–Crippen MR) is 139 cm³/mol. The van der Waals surface area contributed by atoms with Crippen LogP contribution < -0.4 is 9.64 Å². The summed E-state index contributed by atoms with van der Waals surface area (Å²) in [5, 5.41) is 2.37.